The number of carbonyl (C=O) groups is 1. The normalized spacial score (nSPS) is 15.7. The molecule has 1 saturated carbocycles. The van der Waals surface area contributed by atoms with Crippen LogP contribution in [0.2, 0.25) is 0 Å². The minimum Gasteiger partial charge on any atom is -0.461 e. The summed E-state index contributed by atoms with van der Waals surface area (Å²) in [5, 5.41) is 19.0. The second-order valence-electron chi connectivity index (χ2n) is 12.8. The smallest absolute Gasteiger partial charge is 0.358 e. The van der Waals surface area contributed by atoms with Crippen LogP contribution in [0.5, 0.6) is 0 Å². The van der Waals surface area contributed by atoms with Crippen molar-refractivity contribution in [2.24, 2.45) is 5.41 Å². The highest BCUT2D eigenvalue weighted by Crippen LogP contribution is 2.45. The Balaban J connectivity index is 1.19. The number of benzene rings is 1. The van der Waals surface area contributed by atoms with E-state index in [2.05, 4.69) is 51.9 Å². The van der Waals surface area contributed by atoms with E-state index >= 15 is 0 Å². The average Bonchev–Trinajstić information content (AvgIpc) is 3.87. The van der Waals surface area contributed by atoms with Gasteiger partial charge in [0.15, 0.2) is 27.6 Å². The lowest BCUT2D eigenvalue weighted by Crippen LogP contribution is -2.30. The van der Waals surface area contributed by atoms with Crippen LogP contribution in [0.4, 0.5) is 21.9 Å². The number of hydrogen-bond acceptors (Lipinski definition) is 11. The molecule has 0 unspecified atom stereocenters. The van der Waals surface area contributed by atoms with Crippen LogP contribution in [-0.4, -0.2) is 49.1 Å². The standard InChI is InChI=1S/C35H42N8O2S2/c1-5-7-16-35(17-11-8-12-18-35)21-43-23(4)25(20-36-43)29-28(32(44)45-6-2)38-34(47-29)42-19-15-24-22(3)30(40-41-31(24)42)39-33-37-26-13-9-10-14-27(26)46-33/h9-10,13-14,20H,5-8,11-12,15-19,21H2,1-4H3,(H,37,39,40). The van der Waals surface area contributed by atoms with Crippen molar-refractivity contribution in [1.82, 2.24) is 29.9 Å². The number of thiazole rings is 2. The third-order valence-corrected chi connectivity index (χ3v) is 11.9. The van der Waals surface area contributed by atoms with E-state index in [1.54, 1.807) is 11.3 Å². The molecule has 1 N–H and O–H groups in total. The monoisotopic (exact) mass is 670 g/mol. The molecule has 7 rings (SSSR count). The first-order chi connectivity index (χ1) is 22.9. The molecule has 0 amide bonds. The first-order valence-corrected chi connectivity index (χ1v) is 18.5. The SMILES string of the molecule is CCCCC1(Cn2ncc(-c3sc(N4CCc5c4nnc(Nc4nc6ccccc6s4)c5C)nc3C(=O)OCC)c2C)CCCCC1. The highest BCUT2D eigenvalue weighted by atomic mass is 32.1. The van der Waals surface area contributed by atoms with Gasteiger partial charge < -0.3 is 15.0 Å². The van der Waals surface area contributed by atoms with E-state index in [0.29, 0.717) is 28.6 Å². The maximum absolute atomic E-state index is 13.3. The lowest BCUT2D eigenvalue weighted by Gasteiger charge is -2.37. The van der Waals surface area contributed by atoms with E-state index in [1.807, 2.05) is 31.3 Å². The number of rotatable bonds is 11. The van der Waals surface area contributed by atoms with Crippen LogP contribution in [0.25, 0.3) is 20.7 Å². The Morgan fingerprint density at radius 3 is 2.68 bits per heavy atom. The van der Waals surface area contributed by atoms with Gasteiger partial charge in [-0.3, -0.25) is 4.68 Å². The molecule has 1 aliphatic carbocycles. The maximum Gasteiger partial charge on any atom is 0.358 e. The molecule has 0 atom stereocenters. The summed E-state index contributed by atoms with van der Waals surface area (Å²) in [6.07, 6.45) is 12.8. The van der Waals surface area contributed by atoms with Crippen molar-refractivity contribution in [3.05, 3.63) is 53.0 Å². The fraction of sp³-hybridized carbons (Fsp3) is 0.486. The predicted octanol–water partition coefficient (Wildman–Crippen LogP) is 8.78. The number of nitrogens with one attached hydrogen (secondary N) is 1. The molecule has 1 aromatic carbocycles. The van der Waals surface area contributed by atoms with Gasteiger partial charge in [-0.25, -0.2) is 14.8 Å². The lowest BCUT2D eigenvalue weighted by molar-refractivity contribution is 0.0521. The zero-order valence-electron chi connectivity index (χ0n) is 27.6. The Labute approximate surface area is 283 Å². The molecule has 1 aliphatic heterocycles. The number of fused-ring (bicyclic) bond motifs is 2. The molecule has 4 aromatic heterocycles. The van der Waals surface area contributed by atoms with Gasteiger partial charge in [0.2, 0.25) is 0 Å². The van der Waals surface area contributed by atoms with Crippen LogP contribution in [-0.2, 0) is 17.7 Å². The van der Waals surface area contributed by atoms with E-state index < -0.39 is 5.97 Å². The first kappa shape index (κ1) is 31.7. The lowest BCUT2D eigenvalue weighted by atomic mass is 9.71. The van der Waals surface area contributed by atoms with E-state index in [1.165, 1.54) is 62.7 Å². The van der Waals surface area contributed by atoms with Gasteiger partial charge in [-0.1, -0.05) is 73.8 Å². The minimum absolute atomic E-state index is 0.283. The number of ether oxygens (including phenoxy) is 1. The molecular weight excluding hydrogens is 629 g/mol. The van der Waals surface area contributed by atoms with Gasteiger partial charge in [0.05, 0.1) is 27.9 Å². The molecule has 0 saturated heterocycles. The molecule has 0 radical (unpaired) electrons. The van der Waals surface area contributed by atoms with Crippen molar-refractivity contribution in [3.63, 3.8) is 0 Å². The number of anilines is 4. The molecule has 47 heavy (non-hydrogen) atoms. The summed E-state index contributed by atoms with van der Waals surface area (Å²) in [7, 11) is 0. The van der Waals surface area contributed by atoms with Crippen LogP contribution in [0.1, 0.15) is 92.5 Å². The quantitative estimate of drug-likeness (QED) is 0.138. The number of esters is 1. The third kappa shape index (κ3) is 6.13. The Bertz CT molecular complexity index is 1870. The van der Waals surface area contributed by atoms with E-state index in [4.69, 9.17) is 19.8 Å². The first-order valence-electron chi connectivity index (χ1n) is 16.9. The zero-order valence-corrected chi connectivity index (χ0v) is 29.3. The molecular formula is C35H42N8O2S2. The maximum atomic E-state index is 13.3. The summed E-state index contributed by atoms with van der Waals surface area (Å²) in [4.78, 5) is 25.8. The molecule has 10 nitrogen and oxygen atoms in total. The Kier molecular flexibility index (Phi) is 8.97. The second kappa shape index (κ2) is 13.3. The van der Waals surface area contributed by atoms with Crippen molar-refractivity contribution in [1.29, 1.82) is 0 Å². The topological polar surface area (TPSA) is 111 Å². The largest absolute Gasteiger partial charge is 0.461 e. The van der Waals surface area contributed by atoms with Gasteiger partial charge >= 0.3 is 5.97 Å². The van der Waals surface area contributed by atoms with Crippen LogP contribution in [0, 0.1) is 19.3 Å². The summed E-state index contributed by atoms with van der Waals surface area (Å²) in [6, 6.07) is 8.09. The summed E-state index contributed by atoms with van der Waals surface area (Å²) < 4.78 is 8.79. The summed E-state index contributed by atoms with van der Waals surface area (Å²) in [5.74, 6) is 1.06. The van der Waals surface area contributed by atoms with Crippen LogP contribution >= 0.6 is 22.7 Å². The van der Waals surface area contributed by atoms with E-state index in [-0.39, 0.29) is 6.61 Å². The van der Waals surface area contributed by atoms with Crippen molar-refractivity contribution in [3.8, 4) is 10.4 Å². The highest BCUT2D eigenvalue weighted by Gasteiger charge is 2.35. The van der Waals surface area contributed by atoms with Crippen molar-refractivity contribution < 1.29 is 9.53 Å². The van der Waals surface area contributed by atoms with Crippen LogP contribution < -0.4 is 10.2 Å². The molecule has 2 aliphatic rings. The van der Waals surface area contributed by atoms with Gasteiger partial charge in [-0.15, -0.1) is 10.2 Å². The highest BCUT2D eigenvalue weighted by molar-refractivity contribution is 7.22. The minimum atomic E-state index is -0.416. The van der Waals surface area contributed by atoms with Crippen LogP contribution in [0.15, 0.2) is 30.5 Å². The number of para-hydroxylation sites is 1. The number of nitrogens with zero attached hydrogens (tertiary/aromatic N) is 7. The molecule has 5 heterocycles. The second-order valence-corrected chi connectivity index (χ2v) is 14.9. The van der Waals surface area contributed by atoms with Gasteiger partial charge in [-0.05, 0) is 64.0 Å². The molecule has 0 bridgehead atoms. The van der Waals surface area contributed by atoms with Gasteiger partial charge in [0.1, 0.15) is 0 Å². The number of unbranched alkanes of at least 4 members (excludes halogenated alkanes) is 1. The molecule has 12 heteroatoms. The van der Waals surface area contributed by atoms with Crippen molar-refractivity contribution in [2.45, 2.75) is 92.0 Å². The number of hydrogen-bond donors (Lipinski definition) is 1. The molecule has 0 spiro atoms. The summed E-state index contributed by atoms with van der Waals surface area (Å²) >= 11 is 3.09. The van der Waals surface area contributed by atoms with Crippen molar-refractivity contribution >= 4 is 60.8 Å². The molecule has 5 aromatic rings. The number of aromatic nitrogens is 6. The van der Waals surface area contributed by atoms with Crippen molar-refractivity contribution in [2.75, 3.05) is 23.4 Å². The fourth-order valence-corrected chi connectivity index (χ4v) is 9.16. The fourth-order valence-electron chi connectivity index (χ4n) is 7.15. The van der Waals surface area contributed by atoms with Gasteiger partial charge in [0, 0.05) is 35.5 Å². The summed E-state index contributed by atoms with van der Waals surface area (Å²) in [5.41, 5.74) is 5.75. The third-order valence-electron chi connectivity index (χ3n) is 9.81. The zero-order chi connectivity index (χ0) is 32.5. The Hall–Kier alpha value is -3.90. The Morgan fingerprint density at radius 2 is 1.89 bits per heavy atom. The molecule has 1 fully saturated rings. The average molecular weight is 671 g/mol. The van der Waals surface area contributed by atoms with E-state index in [9.17, 15) is 4.79 Å². The van der Waals surface area contributed by atoms with E-state index in [0.717, 1.165) is 61.4 Å². The van der Waals surface area contributed by atoms with Crippen LogP contribution in [0.3, 0.4) is 0 Å². The predicted molar refractivity (Wildman–Crippen MR) is 189 cm³/mol. The number of carbonyl (C=O) groups excluding carboxylic acids is 1. The molecule has 246 valence electrons. The van der Waals surface area contributed by atoms with Gasteiger partial charge in [0.25, 0.3) is 0 Å². The van der Waals surface area contributed by atoms with Gasteiger partial charge in [-0.2, -0.15) is 5.10 Å². The Morgan fingerprint density at radius 1 is 1.06 bits per heavy atom. The summed E-state index contributed by atoms with van der Waals surface area (Å²) in [6.45, 7) is 10.2.